The molecule has 1 heterocycles. The van der Waals surface area contributed by atoms with Gasteiger partial charge in [-0.25, -0.2) is 0 Å². The van der Waals surface area contributed by atoms with E-state index < -0.39 is 119 Å². The van der Waals surface area contributed by atoms with Crippen molar-refractivity contribution in [2.75, 3.05) is 26.4 Å². The largest absolute Gasteiger partial charge is 0.460 e. The summed E-state index contributed by atoms with van der Waals surface area (Å²) in [6.45, 7) is -1.98. The minimum absolute atomic E-state index is 0.0596. The molecule has 0 radical (unpaired) electrons. The Bertz CT molecular complexity index is 1170. The molecule has 27 heteroatoms. The summed E-state index contributed by atoms with van der Waals surface area (Å²) in [7, 11) is -0.818. The van der Waals surface area contributed by atoms with Gasteiger partial charge in [0.05, 0.1) is 10.2 Å². The van der Waals surface area contributed by atoms with Crippen molar-refractivity contribution in [1.82, 2.24) is 0 Å². The highest BCUT2D eigenvalue weighted by atomic mass is 28.1. The van der Waals surface area contributed by atoms with Gasteiger partial charge in [-0.2, -0.15) is 92.2 Å². The van der Waals surface area contributed by atoms with Crippen LogP contribution in [0, 0.1) is 0 Å². The van der Waals surface area contributed by atoms with Gasteiger partial charge in [-0.1, -0.05) is 0 Å². The Kier molecular flexibility index (Phi) is 12.5. The highest BCUT2D eigenvalue weighted by molar-refractivity contribution is 6.15. The van der Waals surface area contributed by atoms with Crippen molar-refractivity contribution in [1.29, 1.82) is 0 Å². The van der Waals surface area contributed by atoms with Crippen molar-refractivity contribution >= 4 is 10.2 Å². The molecule has 1 aliphatic heterocycles. The Hall–Kier alpha value is -1.45. The van der Waals surface area contributed by atoms with Crippen molar-refractivity contribution < 1.29 is 116 Å². The molecule has 1 fully saturated rings. The van der Waals surface area contributed by atoms with E-state index in [0.717, 1.165) is 13.8 Å². The van der Waals surface area contributed by atoms with Crippen LogP contribution < -0.4 is 0 Å². The third-order valence-corrected chi connectivity index (χ3v) is 9.04. The average molecular weight is 811 g/mol. The van der Waals surface area contributed by atoms with E-state index in [9.17, 15) is 79.7 Å². The number of ether oxygens (including phenoxy) is 4. The van der Waals surface area contributed by atoms with Crippen LogP contribution in [0.2, 0.25) is 0 Å². The quantitative estimate of drug-likeness (QED) is 0.0974. The first-order valence-corrected chi connectivity index (χ1v) is 14.6. The molecule has 0 aromatic rings. The van der Waals surface area contributed by atoms with Gasteiger partial charge in [-0.15, -0.1) is 0 Å². The Labute approximate surface area is 270 Å². The van der Waals surface area contributed by atoms with Gasteiger partial charge in [0.1, 0.15) is 5.22 Å². The molecule has 2 unspecified atom stereocenters. The Morgan fingerprint density at radius 1 is 0.500 bits per heavy atom. The molecule has 1 rings (SSSR count). The molecule has 0 spiro atoms. The van der Waals surface area contributed by atoms with E-state index in [4.69, 9.17) is 14.2 Å². The van der Waals surface area contributed by atoms with Crippen LogP contribution in [-0.2, 0) is 18.9 Å². The maximum atomic E-state index is 15.9. The lowest BCUT2D eigenvalue weighted by Gasteiger charge is -2.57. The van der Waals surface area contributed by atoms with Crippen LogP contribution >= 0.6 is 0 Å². The standard InChI is InChI=1S/C23H27F21O5Si/c1-4-46-21(45,22(47-5-2,48-6-3)11(50)9-7-8-10-49-11)19(38,39)17(34,35)15(30,31)13(26,27)12(24,25)14(28,29)16(32,33)18(36,37)20(40,41)23(42,43)44/h45H,4-10H2,1-3,50H3. The van der Waals surface area contributed by atoms with Gasteiger partial charge in [0.15, 0.2) is 0 Å². The van der Waals surface area contributed by atoms with E-state index >= 15 is 17.6 Å². The summed E-state index contributed by atoms with van der Waals surface area (Å²) >= 11 is 0. The molecular weight excluding hydrogens is 783 g/mol. The lowest BCUT2D eigenvalue weighted by Crippen LogP contribution is -2.84. The smallest absolute Gasteiger partial charge is 0.374 e. The lowest BCUT2D eigenvalue weighted by atomic mass is 9.81. The third kappa shape index (κ3) is 5.84. The van der Waals surface area contributed by atoms with Gasteiger partial charge in [-0.05, 0) is 40.0 Å². The first-order valence-electron chi connectivity index (χ1n) is 13.6. The molecule has 1 saturated heterocycles. The second-order valence-corrected chi connectivity index (χ2v) is 12.4. The molecule has 300 valence electrons. The van der Waals surface area contributed by atoms with Gasteiger partial charge in [0, 0.05) is 26.4 Å². The minimum Gasteiger partial charge on any atom is -0.374 e. The van der Waals surface area contributed by atoms with Crippen LogP contribution in [0.15, 0.2) is 0 Å². The SMILES string of the molecule is CCOC(O)(C(F)(F)C(F)(F)C(F)(F)C(F)(F)C(F)(F)C(F)(F)C(F)(F)C(F)(F)C(F)(F)C(F)(F)F)C(OCC)(OCC)C1([SiH3])CCCCO1. The van der Waals surface area contributed by atoms with E-state index in [1.54, 1.807) is 0 Å². The second-order valence-electron chi connectivity index (χ2n) is 10.8. The van der Waals surface area contributed by atoms with Gasteiger partial charge in [0.25, 0.3) is 11.6 Å². The zero-order valence-corrected chi connectivity index (χ0v) is 27.5. The first-order chi connectivity index (χ1) is 21.9. The fourth-order valence-corrected chi connectivity index (χ4v) is 6.06. The Balaban J connectivity index is 4.18. The molecule has 0 aromatic carbocycles. The van der Waals surface area contributed by atoms with Crippen molar-refractivity contribution in [3.63, 3.8) is 0 Å². The normalized spacial score (nSPS) is 21.8. The average Bonchev–Trinajstić information content (AvgIpc) is 2.95. The fraction of sp³-hybridized carbons (Fsp3) is 1.00. The molecule has 1 aliphatic rings. The summed E-state index contributed by atoms with van der Waals surface area (Å²) in [5.41, 5.74) is 0. The van der Waals surface area contributed by atoms with Gasteiger partial charge >= 0.3 is 59.5 Å². The minimum atomic E-state index is -9.34. The van der Waals surface area contributed by atoms with Gasteiger partial charge in [0.2, 0.25) is 0 Å². The predicted octanol–water partition coefficient (Wildman–Crippen LogP) is 7.02. The van der Waals surface area contributed by atoms with Crippen LogP contribution in [-0.4, -0.2) is 118 Å². The molecule has 50 heavy (non-hydrogen) atoms. The van der Waals surface area contributed by atoms with Gasteiger partial charge < -0.3 is 24.1 Å². The molecule has 0 aromatic heterocycles. The Morgan fingerprint density at radius 2 is 0.800 bits per heavy atom. The second kappa shape index (κ2) is 13.4. The van der Waals surface area contributed by atoms with E-state index in [0.29, 0.717) is 6.92 Å². The number of hydrogen-bond donors (Lipinski definition) is 1. The molecule has 1 N–H and O–H groups in total. The van der Waals surface area contributed by atoms with Crippen molar-refractivity contribution in [2.24, 2.45) is 0 Å². The van der Waals surface area contributed by atoms with Crippen LogP contribution in [0.1, 0.15) is 40.0 Å². The van der Waals surface area contributed by atoms with Crippen molar-refractivity contribution in [2.45, 2.75) is 116 Å². The summed E-state index contributed by atoms with van der Waals surface area (Å²) < 4.78 is 315. The highest BCUT2D eigenvalue weighted by Crippen LogP contribution is 2.68. The molecule has 0 amide bonds. The molecule has 5 nitrogen and oxygen atoms in total. The summed E-state index contributed by atoms with van der Waals surface area (Å²) in [6.07, 6.45) is -8.83. The maximum absolute atomic E-state index is 15.9. The van der Waals surface area contributed by atoms with Crippen molar-refractivity contribution in [3.05, 3.63) is 0 Å². The van der Waals surface area contributed by atoms with Crippen LogP contribution in [0.5, 0.6) is 0 Å². The molecule has 0 aliphatic carbocycles. The summed E-state index contributed by atoms with van der Waals surface area (Å²) in [6, 6.07) is 0. The van der Waals surface area contributed by atoms with Gasteiger partial charge in [-0.3, -0.25) is 0 Å². The predicted molar refractivity (Wildman–Crippen MR) is 126 cm³/mol. The monoisotopic (exact) mass is 810 g/mol. The Morgan fingerprint density at radius 3 is 1.06 bits per heavy atom. The molecule has 0 bridgehead atoms. The van der Waals surface area contributed by atoms with Crippen LogP contribution in [0.3, 0.4) is 0 Å². The number of alkyl halides is 21. The summed E-state index contributed by atoms with van der Waals surface area (Å²) in [5, 5.41) is 8.43. The zero-order chi connectivity index (χ0) is 40.3. The highest BCUT2D eigenvalue weighted by Gasteiger charge is 2.99. The fourth-order valence-electron chi connectivity index (χ4n) is 4.87. The molecule has 0 saturated carbocycles. The summed E-state index contributed by atoms with van der Waals surface area (Å²) in [4.78, 5) is 0. The van der Waals surface area contributed by atoms with E-state index in [1.807, 2.05) is 0 Å². The summed E-state index contributed by atoms with van der Waals surface area (Å²) in [5.74, 6) is -89.5. The van der Waals surface area contributed by atoms with Crippen molar-refractivity contribution in [3.8, 4) is 0 Å². The molecule has 2 atom stereocenters. The number of rotatable bonds is 17. The first kappa shape index (κ1) is 46.6. The third-order valence-electron chi connectivity index (χ3n) is 7.60. The maximum Gasteiger partial charge on any atom is 0.460 e. The van der Waals surface area contributed by atoms with E-state index in [1.165, 1.54) is 0 Å². The van der Waals surface area contributed by atoms with Crippen LogP contribution in [0.4, 0.5) is 92.2 Å². The zero-order valence-electron chi connectivity index (χ0n) is 25.5. The topological polar surface area (TPSA) is 57.2 Å². The number of halogens is 21. The molecular formula is C23H27F21O5Si. The lowest BCUT2D eigenvalue weighted by molar-refractivity contribution is -0.520. The number of aliphatic hydroxyl groups is 1. The van der Waals surface area contributed by atoms with E-state index in [-0.39, 0.29) is 12.8 Å². The van der Waals surface area contributed by atoms with Crippen LogP contribution in [0.25, 0.3) is 0 Å². The number of hydrogen-bond acceptors (Lipinski definition) is 5. The van der Waals surface area contributed by atoms with E-state index in [2.05, 4.69) is 4.74 Å².